The fourth-order valence-corrected chi connectivity index (χ4v) is 3.10. The van der Waals surface area contributed by atoms with E-state index in [1.165, 1.54) is 0 Å². The van der Waals surface area contributed by atoms with Crippen molar-refractivity contribution in [2.24, 2.45) is 0 Å². The Hall–Kier alpha value is 0.147. The van der Waals surface area contributed by atoms with Gasteiger partial charge < -0.3 is 0 Å². The van der Waals surface area contributed by atoms with E-state index in [0.29, 0.717) is 0 Å². The molecule has 9 heavy (non-hydrogen) atoms. The Morgan fingerprint density at radius 1 is 1.00 bits per heavy atom. The lowest BCUT2D eigenvalue weighted by Gasteiger charge is -2.22. The van der Waals surface area contributed by atoms with Crippen LogP contribution in [0.4, 0.5) is 4.39 Å². The molecule has 0 spiro atoms. The number of hydrogen-bond acceptors (Lipinski definition) is 0. The van der Waals surface area contributed by atoms with E-state index in [9.17, 15) is 4.39 Å². The molecular formula is C7H17FSi. The van der Waals surface area contributed by atoms with Crippen molar-refractivity contribution in [3.63, 3.8) is 0 Å². The zero-order valence-electron chi connectivity index (χ0n) is 6.71. The molecule has 56 valence electrons. The van der Waals surface area contributed by atoms with E-state index >= 15 is 0 Å². The average molecular weight is 148 g/mol. The highest BCUT2D eigenvalue weighted by Crippen LogP contribution is 2.19. The van der Waals surface area contributed by atoms with E-state index in [1.54, 1.807) is 0 Å². The molecule has 0 radical (unpaired) electrons. The summed E-state index contributed by atoms with van der Waals surface area (Å²) in [5.41, 5.74) is 0. The van der Waals surface area contributed by atoms with Gasteiger partial charge >= 0.3 is 0 Å². The van der Waals surface area contributed by atoms with Gasteiger partial charge in [0.05, 0.1) is 14.4 Å². The van der Waals surface area contributed by atoms with Gasteiger partial charge in [-0.25, -0.2) is 0 Å². The minimum Gasteiger partial charge on any atom is -0.255 e. The van der Waals surface area contributed by atoms with Crippen molar-refractivity contribution < 1.29 is 4.39 Å². The highest BCUT2D eigenvalue weighted by Gasteiger charge is 2.26. The summed E-state index contributed by atoms with van der Waals surface area (Å²) in [6.07, 6.45) is -0.0174. The Kier molecular flexibility index (Phi) is 4.11. The van der Waals surface area contributed by atoms with Gasteiger partial charge in [0.2, 0.25) is 0 Å². The van der Waals surface area contributed by atoms with E-state index in [2.05, 4.69) is 20.8 Å². The second-order valence-corrected chi connectivity index (χ2v) is 8.08. The second-order valence-electron chi connectivity index (χ2n) is 2.69. The molecule has 0 bridgehead atoms. The largest absolute Gasteiger partial charge is 0.255 e. The summed E-state index contributed by atoms with van der Waals surface area (Å²) in [4.78, 5) is 0. The lowest BCUT2D eigenvalue weighted by Crippen LogP contribution is -2.34. The Bertz CT molecular complexity index is 51.8. The molecular weight excluding hydrogens is 131 g/mol. The molecule has 0 aliphatic carbocycles. The molecule has 0 unspecified atom stereocenters. The molecule has 0 rings (SSSR count). The summed E-state index contributed by atoms with van der Waals surface area (Å²) in [6.45, 7) is 6.37. The van der Waals surface area contributed by atoms with E-state index in [0.717, 1.165) is 18.1 Å². The highest BCUT2D eigenvalue weighted by molar-refractivity contribution is 6.79. The van der Waals surface area contributed by atoms with E-state index in [-0.39, 0.29) is 6.30 Å². The summed E-state index contributed by atoms with van der Waals surface area (Å²) >= 11 is 0. The molecule has 2 heteroatoms. The van der Waals surface area contributed by atoms with Crippen molar-refractivity contribution >= 4 is 8.07 Å². The molecule has 0 nitrogen and oxygen atoms in total. The van der Waals surface area contributed by atoms with Crippen molar-refractivity contribution in [2.75, 3.05) is 6.30 Å². The Balaban J connectivity index is 3.82. The molecule has 0 aromatic rings. The highest BCUT2D eigenvalue weighted by atomic mass is 28.3. The number of halogens is 1. The fraction of sp³-hybridized carbons (Fsp3) is 1.00. The summed E-state index contributed by atoms with van der Waals surface area (Å²) in [7, 11) is -1.36. The Morgan fingerprint density at radius 3 is 1.33 bits per heavy atom. The monoisotopic (exact) mass is 148 g/mol. The van der Waals surface area contributed by atoms with Crippen LogP contribution in [0.25, 0.3) is 0 Å². The Morgan fingerprint density at radius 2 is 1.33 bits per heavy atom. The van der Waals surface area contributed by atoms with Crippen molar-refractivity contribution in [1.29, 1.82) is 0 Å². The first-order valence-corrected chi connectivity index (χ1v) is 6.63. The third-order valence-electron chi connectivity index (χ3n) is 2.53. The number of rotatable bonds is 4. The van der Waals surface area contributed by atoms with Gasteiger partial charge in [0, 0.05) is 0 Å². The molecule has 0 N–H and O–H groups in total. The maximum absolute atomic E-state index is 12.4. The van der Waals surface area contributed by atoms with Crippen LogP contribution in [0.5, 0.6) is 0 Å². The van der Waals surface area contributed by atoms with Crippen LogP contribution in [0, 0.1) is 0 Å². The van der Waals surface area contributed by atoms with Crippen LogP contribution in [0.1, 0.15) is 20.8 Å². The summed E-state index contributed by atoms with van der Waals surface area (Å²) in [6, 6.07) is 3.32. The van der Waals surface area contributed by atoms with Crippen molar-refractivity contribution in [1.82, 2.24) is 0 Å². The molecule has 0 saturated heterocycles. The van der Waals surface area contributed by atoms with Crippen LogP contribution in [0.15, 0.2) is 0 Å². The Labute approximate surface area is 58.5 Å². The number of alkyl halides is 1. The zero-order valence-corrected chi connectivity index (χ0v) is 7.71. The molecule has 0 aliphatic rings. The third-order valence-corrected chi connectivity index (χ3v) is 7.60. The molecule has 0 saturated carbocycles. The van der Waals surface area contributed by atoms with Crippen molar-refractivity contribution in [3.05, 3.63) is 0 Å². The van der Waals surface area contributed by atoms with E-state index in [4.69, 9.17) is 0 Å². The summed E-state index contributed by atoms with van der Waals surface area (Å²) < 4.78 is 12.4. The first-order valence-electron chi connectivity index (χ1n) is 3.80. The SMILES string of the molecule is CC[Si](CC)(CC)CF. The van der Waals surface area contributed by atoms with E-state index in [1.807, 2.05) is 0 Å². The van der Waals surface area contributed by atoms with Gasteiger partial charge in [-0.2, -0.15) is 0 Å². The molecule has 0 aromatic carbocycles. The van der Waals surface area contributed by atoms with E-state index < -0.39 is 8.07 Å². The van der Waals surface area contributed by atoms with Crippen LogP contribution in [0.2, 0.25) is 18.1 Å². The molecule has 0 fully saturated rings. The van der Waals surface area contributed by atoms with Crippen LogP contribution in [-0.4, -0.2) is 14.4 Å². The van der Waals surface area contributed by atoms with Crippen LogP contribution in [0.3, 0.4) is 0 Å². The summed E-state index contributed by atoms with van der Waals surface area (Å²) in [5, 5.41) is 0. The third kappa shape index (κ3) is 2.09. The molecule has 0 aromatic heterocycles. The minimum absolute atomic E-state index is 0.0174. The zero-order chi connectivity index (χ0) is 7.33. The van der Waals surface area contributed by atoms with Crippen LogP contribution in [-0.2, 0) is 0 Å². The normalized spacial score (nSPS) is 12.0. The lowest BCUT2D eigenvalue weighted by molar-refractivity contribution is 0.575. The van der Waals surface area contributed by atoms with Gasteiger partial charge in [0.1, 0.15) is 0 Å². The summed E-state index contributed by atoms with van der Waals surface area (Å²) in [5.74, 6) is 0. The van der Waals surface area contributed by atoms with Gasteiger partial charge in [-0.1, -0.05) is 38.9 Å². The van der Waals surface area contributed by atoms with Gasteiger partial charge in [0.25, 0.3) is 0 Å². The second kappa shape index (κ2) is 4.04. The molecule has 0 amide bonds. The first kappa shape index (κ1) is 9.15. The quantitative estimate of drug-likeness (QED) is 0.538. The maximum Gasteiger partial charge on any atom is 0.0896 e. The predicted octanol–water partition coefficient (Wildman–Crippen LogP) is 3.00. The van der Waals surface area contributed by atoms with Gasteiger partial charge in [0.15, 0.2) is 0 Å². The van der Waals surface area contributed by atoms with Gasteiger partial charge in [-0.05, 0) is 0 Å². The number of hydrogen-bond donors (Lipinski definition) is 0. The molecule has 0 aliphatic heterocycles. The molecule has 0 heterocycles. The fourth-order valence-electron chi connectivity index (χ4n) is 1.03. The average Bonchev–Trinajstić information content (AvgIpc) is 1.95. The lowest BCUT2D eigenvalue weighted by atomic mass is 10.9. The smallest absolute Gasteiger partial charge is 0.0896 e. The van der Waals surface area contributed by atoms with Crippen LogP contribution < -0.4 is 0 Å². The predicted molar refractivity (Wildman–Crippen MR) is 43.2 cm³/mol. The van der Waals surface area contributed by atoms with Crippen LogP contribution >= 0.6 is 0 Å². The maximum atomic E-state index is 12.4. The van der Waals surface area contributed by atoms with Crippen molar-refractivity contribution in [2.45, 2.75) is 38.9 Å². The minimum atomic E-state index is -1.36. The van der Waals surface area contributed by atoms with Gasteiger partial charge in [-0.3, -0.25) is 4.39 Å². The van der Waals surface area contributed by atoms with Crippen molar-refractivity contribution in [3.8, 4) is 0 Å². The topological polar surface area (TPSA) is 0 Å². The standard InChI is InChI=1S/C7H17FSi/c1-4-9(5-2,6-3)7-8/h4-7H2,1-3H3. The molecule has 0 atom stereocenters. The first-order chi connectivity index (χ1) is 4.24. The van der Waals surface area contributed by atoms with Gasteiger partial charge in [-0.15, -0.1) is 0 Å².